The molecule has 1 aliphatic heterocycles. The molecule has 1 amide bonds. The molecular formula is C25H17Cl2F2NO4. The molecule has 0 aromatic heterocycles. The van der Waals surface area contributed by atoms with E-state index in [0.717, 1.165) is 0 Å². The molecule has 3 aromatic rings. The number of methoxy groups -OCH3 is 1. The van der Waals surface area contributed by atoms with Gasteiger partial charge in [0.25, 0.3) is 11.7 Å². The van der Waals surface area contributed by atoms with Gasteiger partial charge < -0.3 is 14.7 Å². The molecule has 0 saturated carbocycles. The molecule has 0 bridgehead atoms. The van der Waals surface area contributed by atoms with Crippen molar-refractivity contribution < 1.29 is 28.2 Å². The van der Waals surface area contributed by atoms with Crippen molar-refractivity contribution in [1.29, 1.82) is 0 Å². The van der Waals surface area contributed by atoms with Gasteiger partial charge in [-0.1, -0.05) is 47.5 Å². The van der Waals surface area contributed by atoms with Gasteiger partial charge in [0.15, 0.2) is 5.75 Å². The molecule has 1 N–H and O–H groups in total. The molecule has 0 radical (unpaired) electrons. The normalized spacial score (nSPS) is 17.3. The second kappa shape index (κ2) is 9.44. The summed E-state index contributed by atoms with van der Waals surface area (Å²) in [6.45, 7) is -0.0478. The average molecular weight is 504 g/mol. The fourth-order valence-corrected chi connectivity index (χ4v) is 4.51. The summed E-state index contributed by atoms with van der Waals surface area (Å²) in [5, 5.41) is 11.3. The van der Waals surface area contributed by atoms with Crippen molar-refractivity contribution in [2.24, 2.45) is 0 Å². The Morgan fingerprint density at radius 3 is 2.03 bits per heavy atom. The van der Waals surface area contributed by atoms with E-state index in [1.54, 1.807) is 0 Å². The number of Topliss-reactive ketones (excluding diaryl/α,β-unsaturated/α-hetero) is 1. The summed E-state index contributed by atoms with van der Waals surface area (Å²) < 4.78 is 32.1. The summed E-state index contributed by atoms with van der Waals surface area (Å²) in [6.07, 6.45) is 0. The zero-order chi connectivity index (χ0) is 24.6. The van der Waals surface area contributed by atoms with E-state index in [0.29, 0.717) is 11.1 Å². The molecule has 0 aliphatic carbocycles. The summed E-state index contributed by atoms with van der Waals surface area (Å²) in [5.41, 5.74) is 0.847. The maximum atomic E-state index is 13.6. The third-order valence-corrected chi connectivity index (χ3v) is 6.03. The van der Waals surface area contributed by atoms with Gasteiger partial charge in [0.2, 0.25) is 0 Å². The fourth-order valence-electron chi connectivity index (χ4n) is 3.87. The van der Waals surface area contributed by atoms with Crippen molar-refractivity contribution in [1.82, 2.24) is 4.90 Å². The summed E-state index contributed by atoms with van der Waals surface area (Å²) in [5.74, 6) is -3.07. The minimum Gasteiger partial charge on any atom is -0.507 e. The monoisotopic (exact) mass is 503 g/mol. The maximum absolute atomic E-state index is 13.6. The highest BCUT2D eigenvalue weighted by molar-refractivity contribution is 6.46. The van der Waals surface area contributed by atoms with E-state index >= 15 is 0 Å². The number of nitrogens with zero attached hydrogens (tertiary/aromatic N) is 1. The minimum atomic E-state index is -1.04. The Morgan fingerprint density at radius 1 is 0.971 bits per heavy atom. The summed E-state index contributed by atoms with van der Waals surface area (Å²) in [7, 11) is 1.38. The van der Waals surface area contributed by atoms with E-state index < -0.39 is 35.1 Å². The Morgan fingerprint density at radius 2 is 1.50 bits per heavy atom. The van der Waals surface area contributed by atoms with Crippen molar-refractivity contribution in [2.75, 3.05) is 7.11 Å². The number of likely N-dealkylation sites (tertiary alicyclic amines) is 1. The zero-order valence-electron chi connectivity index (χ0n) is 17.7. The second-order valence-electron chi connectivity index (χ2n) is 7.58. The smallest absolute Gasteiger partial charge is 0.295 e. The van der Waals surface area contributed by atoms with E-state index in [1.165, 1.54) is 72.7 Å². The van der Waals surface area contributed by atoms with Crippen LogP contribution < -0.4 is 4.74 Å². The van der Waals surface area contributed by atoms with E-state index in [1.807, 2.05) is 0 Å². The molecule has 1 fully saturated rings. The number of hydrogen-bond acceptors (Lipinski definition) is 4. The van der Waals surface area contributed by atoms with Gasteiger partial charge in [0.05, 0.1) is 28.8 Å². The second-order valence-corrected chi connectivity index (χ2v) is 8.39. The molecule has 1 heterocycles. The number of aliphatic hydroxyl groups is 1. The van der Waals surface area contributed by atoms with E-state index in [-0.39, 0.29) is 33.5 Å². The summed E-state index contributed by atoms with van der Waals surface area (Å²) >= 11 is 12.4. The number of benzene rings is 3. The number of carbonyl (C=O) groups is 2. The molecule has 1 aliphatic rings. The number of ketones is 1. The Kier molecular flexibility index (Phi) is 6.59. The van der Waals surface area contributed by atoms with E-state index in [9.17, 15) is 23.5 Å². The fraction of sp³-hybridized carbons (Fsp3) is 0.120. The number of carbonyl (C=O) groups excluding carboxylic acids is 2. The maximum Gasteiger partial charge on any atom is 0.295 e. The lowest BCUT2D eigenvalue weighted by Gasteiger charge is -2.25. The first kappa shape index (κ1) is 23.7. The molecule has 3 aromatic carbocycles. The third kappa shape index (κ3) is 4.36. The predicted octanol–water partition coefficient (Wildman–Crippen LogP) is 5.90. The van der Waals surface area contributed by atoms with Gasteiger partial charge in [0, 0.05) is 12.1 Å². The number of ether oxygens (including phenoxy) is 1. The van der Waals surface area contributed by atoms with Crippen molar-refractivity contribution in [3.63, 3.8) is 0 Å². The topological polar surface area (TPSA) is 66.8 Å². The van der Waals surface area contributed by atoms with Crippen LogP contribution in [0.2, 0.25) is 10.0 Å². The van der Waals surface area contributed by atoms with Crippen LogP contribution in [-0.2, 0) is 16.1 Å². The molecule has 4 rings (SSSR count). The number of aliphatic hydroxyl groups excluding tert-OH is 1. The SMILES string of the molecule is COc1c(Cl)cc(/C(O)=C2\C(=O)C(=O)N(Cc3ccc(F)cc3)C2c2ccc(F)cc2)cc1Cl. The molecule has 1 unspecified atom stereocenters. The van der Waals surface area contributed by atoms with Gasteiger partial charge in [-0.3, -0.25) is 9.59 Å². The van der Waals surface area contributed by atoms with Crippen LogP contribution in [0, 0.1) is 11.6 Å². The molecule has 5 nitrogen and oxygen atoms in total. The highest BCUT2D eigenvalue weighted by atomic mass is 35.5. The summed E-state index contributed by atoms with van der Waals surface area (Å²) in [6, 6.07) is 12.3. The van der Waals surface area contributed by atoms with Crippen LogP contribution in [0.1, 0.15) is 22.7 Å². The molecule has 34 heavy (non-hydrogen) atoms. The van der Waals surface area contributed by atoms with Crippen LogP contribution in [0.3, 0.4) is 0 Å². The molecule has 1 saturated heterocycles. The van der Waals surface area contributed by atoms with Crippen LogP contribution >= 0.6 is 23.2 Å². The number of halogens is 4. The van der Waals surface area contributed by atoms with Crippen LogP contribution in [0.5, 0.6) is 5.75 Å². The number of rotatable bonds is 5. The third-order valence-electron chi connectivity index (χ3n) is 5.47. The van der Waals surface area contributed by atoms with Gasteiger partial charge in [-0.2, -0.15) is 0 Å². The van der Waals surface area contributed by atoms with Crippen LogP contribution in [-0.4, -0.2) is 28.8 Å². The van der Waals surface area contributed by atoms with Gasteiger partial charge in [-0.05, 0) is 47.5 Å². The Bertz CT molecular complexity index is 1280. The van der Waals surface area contributed by atoms with E-state index in [4.69, 9.17) is 27.9 Å². The van der Waals surface area contributed by atoms with Gasteiger partial charge in [-0.15, -0.1) is 0 Å². The zero-order valence-corrected chi connectivity index (χ0v) is 19.2. The van der Waals surface area contributed by atoms with E-state index in [2.05, 4.69) is 0 Å². The van der Waals surface area contributed by atoms with Gasteiger partial charge in [0.1, 0.15) is 17.4 Å². The largest absolute Gasteiger partial charge is 0.507 e. The van der Waals surface area contributed by atoms with Crippen LogP contribution in [0.15, 0.2) is 66.2 Å². The quantitative estimate of drug-likeness (QED) is 0.267. The Balaban J connectivity index is 1.87. The lowest BCUT2D eigenvalue weighted by molar-refractivity contribution is -0.140. The number of amides is 1. The number of hydrogen-bond donors (Lipinski definition) is 1. The minimum absolute atomic E-state index is 0.0478. The first-order chi connectivity index (χ1) is 16.2. The van der Waals surface area contributed by atoms with Crippen molar-refractivity contribution in [3.05, 3.63) is 105 Å². The highest BCUT2D eigenvalue weighted by Crippen LogP contribution is 2.42. The predicted molar refractivity (Wildman–Crippen MR) is 124 cm³/mol. The molecule has 174 valence electrons. The van der Waals surface area contributed by atoms with Gasteiger partial charge in [-0.25, -0.2) is 8.78 Å². The van der Waals surface area contributed by atoms with Crippen molar-refractivity contribution in [3.8, 4) is 5.75 Å². The lowest BCUT2D eigenvalue weighted by Crippen LogP contribution is -2.29. The molecule has 9 heteroatoms. The van der Waals surface area contributed by atoms with Crippen molar-refractivity contribution >= 4 is 40.7 Å². The Hall–Kier alpha value is -3.42. The first-order valence-corrected chi connectivity index (χ1v) is 10.8. The average Bonchev–Trinajstić information content (AvgIpc) is 3.05. The Labute approximate surface area is 203 Å². The molecule has 0 spiro atoms. The van der Waals surface area contributed by atoms with Gasteiger partial charge >= 0.3 is 0 Å². The molecular weight excluding hydrogens is 487 g/mol. The molecule has 1 atom stereocenters. The lowest BCUT2D eigenvalue weighted by atomic mass is 9.95. The first-order valence-electron chi connectivity index (χ1n) is 10.0. The highest BCUT2D eigenvalue weighted by Gasteiger charge is 2.46. The van der Waals surface area contributed by atoms with Crippen LogP contribution in [0.4, 0.5) is 8.78 Å². The van der Waals surface area contributed by atoms with Crippen LogP contribution in [0.25, 0.3) is 5.76 Å². The van der Waals surface area contributed by atoms with Crippen molar-refractivity contribution in [2.45, 2.75) is 12.6 Å². The summed E-state index contributed by atoms with van der Waals surface area (Å²) in [4.78, 5) is 27.3. The standard InChI is InChI=1S/C25H17Cl2F2NO4/c1-34-24-18(26)10-15(11-19(24)27)22(31)20-21(14-4-8-17(29)9-5-14)30(25(33)23(20)32)12-13-2-6-16(28)7-3-13/h2-11,21,31H,12H2,1H3/b22-20+.